The zero-order chi connectivity index (χ0) is 19.9. The molecular formula is C22H22N4O3. The summed E-state index contributed by atoms with van der Waals surface area (Å²) in [4.78, 5) is 23.1. The van der Waals surface area contributed by atoms with Gasteiger partial charge < -0.3 is 19.7 Å². The lowest BCUT2D eigenvalue weighted by Gasteiger charge is -2.26. The first kappa shape index (κ1) is 18.9. The summed E-state index contributed by atoms with van der Waals surface area (Å²) in [6, 6.07) is 17.2. The van der Waals surface area contributed by atoms with E-state index in [1.807, 2.05) is 47.4 Å². The number of benzene rings is 2. The molecule has 1 saturated heterocycles. The van der Waals surface area contributed by atoms with Gasteiger partial charge in [0.1, 0.15) is 12.4 Å². The second kappa shape index (κ2) is 9.16. The van der Waals surface area contributed by atoms with E-state index in [9.17, 15) is 4.79 Å². The number of amides is 1. The number of carbonyl (C=O) groups is 1. The molecule has 1 fully saturated rings. The van der Waals surface area contributed by atoms with Crippen LogP contribution < -0.4 is 15.0 Å². The molecule has 7 nitrogen and oxygen atoms in total. The average molecular weight is 390 g/mol. The number of aromatic nitrogens is 2. The van der Waals surface area contributed by atoms with E-state index in [1.54, 1.807) is 24.5 Å². The normalized spacial score (nSPS) is 13.7. The first-order valence-corrected chi connectivity index (χ1v) is 9.51. The maximum absolute atomic E-state index is 12.4. The van der Waals surface area contributed by atoms with Gasteiger partial charge in [0.15, 0.2) is 0 Å². The summed E-state index contributed by atoms with van der Waals surface area (Å²) >= 11 is 0. The molecule has 1 N–H and O–H groups in total. The Morgan fingerprint density at radius 2 is 1.69 bits per heavy atom. The first-order chi connectivity index (χ1) is 14.3. The highest BCUT2D eigenvalue weighted by Crippen LogP contribution is 2.18. The highest BCUT2D eigenvalue weighted by molar-refractivity contribution is 6.03. The fourth-order valence-corrected chi connectivity index (χ4v) is 2.94. The van der Waals surface area contributed by atoms with Crippen molar-refractivity contribution in [3.8, 4) is 5.75 Å². The Morgan fingerprint density at radius 1 is 1.00 bits per heavy atom. The molecule has 1 aromatic heterocycles. The lowest BCUT2D eigenvalue weighted by molar-refractivity contribution is 0.102. The van der Waals surface area contributed by atoms with Gasteiger partial charge in [0.05, 0.1) is 18.8 Å². The zero-order valence-corrected chi connectivity index (χ0v) is 16.0. The summed E-state index contributed by atoms with van der Waals surface area (Å²) in [6.45, 7) is 3.33. The molecule has 2 heterocycles. The predicted octanol–water partition coefficient (Wildman–Crippen LogP) is 3.14. The average Bonchev–Trinajstić information content (AvgIpc) is 2.80. The molecule has 4 rings (SSSR count). The van der Waals surface area contributed by atoms with E-state index >= 15 is 0 Å². The van der Waals surface area contributed by atoms with Crippen LogP contribution in [0, 0.1) is 0 Å². The molecule has 29 heavy (non-hydrogen) atoms. The Kier molecular flexibility index (Phi) is 5.97. The number of ether oxygens (including phenoxy) is 2. The van der Waals surface area contributed by atoms with Crippen molar-refractivity contribution >= 4 is 17.5 Å². The topological polar surface area (TPSA) is 76.6 Å². The Morgan fingerprint density at radius 3 is 2.38 bits per heavy atom. The van der Waals surface area contributed by atoms with Crippen LogP contribution in [0.25, 0.3) is 0 Å². The van der Waals surface area contributed by atoms with Crippen molar-refractivity contribution in [3.05, 3.63) is 78.1 Å². The molecule has 7 heteroatoms. The zero-order valence-electron chi connectivity index (χ0n) is 16.0. The lowest BCUT2D eigenvalue weighted by atomic mass is 10.2. The van der Waals surface area contributed by atoms with Crippen LogP contribution in [0.4, 0.5) is 11.6 Å². The van der Waals surface area contributed by atoms with E-state index in [2.05, 4.69) is 15.3 Å². The lowest BCUT2D eigenvalue weighted by Crippen LogP contribution is -2.37. The second-order valence-corrected chi connectivity index (χ2v) is 6.62. The number of hydrogen-bond acceptors (Lipinski definition) is 6. The van der Waals surface area contributed by atoms with Gasteiger partial charge in [-0.25, -0.2) is 9.97 Å². The SMILES string of the molecule is O=C(Nc1ccc(OCc2ccccc2)cc1)c1cnc(N2CCOCC2)nc1. The number of nitrogens with one attached hydrogen (secondary N) is 1. The summed E-state index contributed by atoms with van der Waals surface area (Å²) < 4.78 is 11.1. The number of morpholine rings is 1. The van der Waals surface area contributed by atoms with Gasteiger partial charge in [-0.1, -0.05) is 30.3 Å². The molecule has 0 unspecified atom stereocenters. The summed E-state index contributed by atoms with van der Waals surface area (Å²) in [5, 5.41) is 2.85. The molecule has 1 aliphatic heterocycles. The van der Waals surface area contributed by atoms with Gasteiger partial charge in [-0.2, -0.15) is 0 Å². The van der Waals surface area contributed by atoms with Crippen LogP contribution >= 0.6 is 0 Å². The van der Waals surface area contributed by atoms with Gasteiger partial charge in [0.25, 0.3) is 5.91 Å². The molecule has 1 amide bonds. The predicted molar refractivity (Wildman–Crippen MR) is 110 cm³/mol. The number of anilines is 2. The Labute approximate surface area is 169 Å². The Balaban J connectivity index is 1.32. The molecule has 0 spiro atoms. The van der Waals surface area contributed by atoms with Gasteiger partial charge in [-0.15, -0.1) is 0 Å². The molecule has 0 saturated carbocycles. The van der Waals surface area contributed by atoms with Crippen molar-refractivity contribution in [2.45, 2.75) is 6.61 Å². The van der Waals surface area contributed by atoms with Crippen LogP contribution in [0.2, 0.25) is 0 Å². The van der Waals surface area contributed by atoms with Crippen molar-refractivity contribution < 1.29 is 14.3 Å². The number of hydrogen-bond donors (Lipinski definition) is 1. The van der Waals surface area contributed by atoms with E-state index in [0.717, 1.165) is 24.4 Å². The third kappa shape index (κ3) is 5.08. The van der Waals surface area contributed by atoms with Crippen LogP contribution in [0.15, 0.2) is 67.0 Å². The monoisotopic (exact) mass is 390 g/mol. The highest BCUT2D eigenvalue weighted by atomic mass is 16.5. The fraction of sp³-hybridized carbons (Fsp3) is 0.227. The molecule has 0 bridgehead atoms. The summed E-state index contributed by atoms with van der Waals surface area (Å²) in [6.07, 6.45) is 3.09. The molecule has 0 atom stereocenters. The number of carbonyl (C=O) groups excluding carboxylic acids is 1. The standard InChI is InChI=1S/C22H22N4O3/c27-21(18-14-23-22(24-15-18)26-10-12-28-13-11-26)25-19-6-8-20(9-7-19)29-16-17-4-2-1-3-5-17/h1-9,14-15H,10-13,16H2,(H,25,27). The maximum Gasteiger partial charge on any atom is 0.258 e. The fourth-order valence-electron chi connectivity index (χ4n) is 2.94. The van der Waals surface area contributed by atoms with E-state index in [-0.39, 0.29) is 5.91 Å². The number of nitrogens with zero attached hydrogens (tertiary/aromatic N) is 3. The third-order valence-electron chi connectivity index (χ3n) is 4.55. The molecule has 0 radical (unpaired) electrons. The molecule has 0 aliphatic carbocycles. The third-order valence-corrected chi connectivity index (χ3v) is 4.55. The molecule has 1 aliphatic rings. The van der Waals surface area contributed by atoms with Crippen molar-refractivity contribution in [1.82, 2.24) is 9.97 Å². The summed E-state index contributed by atoms with van der Waals surface area (Å²) in [5.74, 6) is 1.10. The smallest absolute Gasteiger partial charge is 0.258 e. The van der Waals surface area contributed by atoms with Crippen LogP contribution in [-0.4, -0.2) is 42.2 Å². The van der Waals surface area contributed by atoms with Crippen LogP contribution in [0.1, 0.15) is 15.9 Å². The minimum Gasteiger partial charge on any atom is -0.489 e. The molecular weight excluding hydrogens is 368 g/mol. The van der Waals surface area contributed by atoms with Crippen molar-refractivity contribution in [3.63, 3.8) is 0 Å². The summed E-state index contributed by atoms with van der Waals surface area (Å²) in [5.41, 5.74) is 2.19. The summed E-state index contributed by atoms with van der Waals surface area (Å²) in [7, 11) is 0. The quantitative estimate of drug-likeness (QED) is 0.697. The van der Waals surface area contributed by atoms with E-state index in [1.165, 1.54) is 0 Å². The molecule has 2 aromatic carbocycles. The Hall–Kier alpha value is -3.45. The minimum atomic E-state index is -0.253. The molecule has 148 valence electrons. The van der Waals surface area contributed by atoms with Gasteiger partial charge in [0.2, 0.25) is 5.95 Å². The molecule has 3 aromatic rings. The van der Waals surface area contributed by atoms with Crippen molar-refractivity contribution in [1.29, 1.82) is 0 Å². The van der Waals surface area contributed by atoms with Gasteiger partial charge in [-0.3, -0.25) is 4.79 Å². The van der Waals surface area contributed by atoms with Crippen molar-refractivity contribution in [2.24, 2.45) is 0 Å². The number of rotatable bonds is 6. The van der Waals surface area contributed by atoms with Crippen LogP contribution in [0.3, 0.4) is 0 Å². The highest BCUT2D eigenvalue weighted by Gasteiger charge is 2.15. The minimum absolute atomic E-state index is 0.253. The van der Waals surface area contributed by atoms with Gasteiger partial charge >= 0.3 is 0 Å². The van der Waals surface area contributed by atoms with E-state index < -0.39 is 0 Å². The van der Waals surface area contributed by atoms with Crippen LogP contribution in [0.5, 0.6) is 5.75 Å². The Bertz CT molecular complexity index is 925. The van der Waals surface area contributed by atoms with Gasteiger partial charge in [-0.05, 0) is 29.8 Å². The van der Waals surface area contributed by atoms with Crippen molar-refractivity contribution in [2.75, 3.05) is 36.5 Å². The van der Waals surface area contributed by atoms with E-state index in [4.69, 9.17) is 9.47 Å². The second-order valence-electron chi connectivity index (χ2n) is 6.62. The van der Waals surface area contributed by atoms with Crippen LogP contribution in [-0.2, 0) is 11.3 Å². The largest absolute Gasteiger partial charge is 0.489 e. The van der Waals surface area contributed by atoms with E-state index in [0.29, 0.717) is 37.0 Å². The maximum atomic E-state index is 12.4. The first-order valence-electron chi connectivity index (χ1n) is 9.51. The van der Waals surface area contributed by atoms with Gasteiger partial charge in [0, 0.05) is 31.2 Å².